The van der Waals surface area contributed by atoms with E-state index in [-0.39, 0.29) is 18.6 Å². The number of H-pyrrole nitrogens is 1. The molecule has 10 heteroatoms. The molecule has 4 aromatic rings. The van der Waals surface area contributed by atoms with Crippen molar-refractivity contribution >= 4 is 23.0 Å². The van der Waals surface area contributed by atoms with E-state index in [1.165, 1.54) is 11.1 Å². The van der Waals surface area contributed by atoms with Crippen LogP contribution in [0.2, 0.25) is 0 Å². The van der Waals surface area contributed by atoms with Crippen molar-refractivity contribution in [3.63, 3.8) is 0 Å². The van der Waals surface area contributed by atoms with E-state index in [9.17, 15) is 19.8 Å². The molecular weight excluding hydrogens is 484 g/mol. The van der Waals surface area contributed by atoms with Gasteiger partial charge in [0.25, 0.3) is 5.91 Å². The van der Waals surface area contributed by atoms with Crippen LogP contribution in [0.15, 0.2) is 43.0 Å². The van der Waals surface area contributed by atoms with Gasteiger partial charge in [0.2, 0.25) is 0 Å². The van der Waals surface area contributed by atoms with Crippen LogP contribution in [0.3, 0.4) is 0 Å². The minimum atomic E-state index is -0.919. The Balaban J connectivity index is 1.40. The quantitative estimate of drug-likeness (QED) is 0.372. The Bertz CT molecular complexity index is 1540. The van der Waals surface area contributed by atoms with Gasteiger partial charge in [-0.1, -0.05) is 6.07 Å². The molecule has 0 aliphatic carbocycles. The number of hydrogen-bond acceptors (Lipinski definition) is 5. The summed E-state index contributed by atoms with van der Waals surface area (Å²) in [7, 11) is 0. The molecule has 2 amide bonds. The number of pyridine rings is 1. The molecule has 0 bridgehead atoms. The summed E-state index contributed by atoms with van der Waals surface area (Å²) in [4.78, 5) is 36.6. The van der Waals surface area contributed by atoms with E-state index in [4.69, 9.17) is 0 Å². The number of nitrogens with zero attached hydrogens (tertiary/aromatic N) is 5. The number of likely N-dealkylation sites (tertiary alicyclic amines) is 1. The van der Waals surface area contributed by atoms with Crippen LogP contribution < -0.4 is 0 Å². The van der Waals surface area contributed by atoms with Crippen molar-refractivity contribution < 1.29 is 19.8 Å². The van der Waals surface area contributed by atoms with Gasteiger partial charge in [-0.15, -0.1) is 0 Å². The number of fused-ring (bicyclic) bond motifs is 2. The van der Waals surface area contributed by atoms with Gasteiger partial charge in [-0.05, 0) is 66.1 Å². The zero-order chi connectivity index (χ0) is 26.4. The van der Waals surface area contributed by atoms with Crippen LogP contribution in [0.5, 0.6) is 0 Å². The number of amides is 2. The highest BCUT2D eigenvalue weighted by Crippen LogP contribution is 2.40. The van der Waals surface area contributed by atoms with Crippen LogP contribution in [0, 0.1) is 6.92 Å². The lowest BCUT2D eigenvalue weighted by Crippen LogP contribution is -2.37. The summed E-state index contributed by atoms with van der Waals surface area (Å²) in [6.07, 6.45) is 8.30. The fourth-order valence-electron chi connectivity index (χ4n) is 5.83. The van der Waals surface area contributed by atoms with E-state index in [1.54, 1.807) is 10.9 Å². The number of carboxylic acid groups (broad SMARTS) is 1. The second-order valence-electron chi connectivity index (χ2n) is 10.1. The maximum Gasteiger partial charge on any atom is 0.407 e. The molecule has 196 valence electrons. The van der Waals surface area contributed by atoms with Crippen LogP contribution in [0.25, 0.3) is 22.2 Å². The van der Waals surface area contributed by atoms with Crippen molar-refractivity contribution in [2.24, 2.45) is 0 Å². The highest BCUT2D eigenvalue weighted by Gasteiger charge is 2.34. The lowest BCUT2D eigenvalue weighted by molar-refractivity contribution is 0.0732. The molecule has 5 heterocycles. The van der Waals surface area contributed by atoms with Gasteiger partial charge in [0.1, 0.15) is 5.65 Å². The largest absolute Gasteiger partial charge is 0.465 e. The second kappa shape index (κ2) is 9.60. The number of carbonyl (C=O) groups excluding carboxylic acids is 1. The standard InChI is InChI=1S/C28H30N6O4/c1-17-12-29-26-22(17)11-20(13-30-26)19-9-18-4-6-32(27(36)21-14-31-33(15-21)7-8-35)16-24(18)23(10-19)25-3-2-5-34(25)28(37)38/h9-15,25,35H,2-8,16H2,1H3,(H,29,30)(H,37,38)/t25-/m0/s1. The number of benzene rings is 1. The first kappa shape index (κ1) is 24.2. The third-order valence-corrected chi connectivity index (χ3v) is 7.80. The molecule has 2 aliphatic heterocycles. The van der Waals surface area contributed by atoms with Crippen molar-refractivity contribution in [3.05, 3.63) is 70.8 Å². The molecule has 1 atom stereocenters. The van der Waals surface area contributed by atoms with E-state index >= 15 is 0 Å². The maximum atomic E-state index is 13.3. The first-order valence-corrected chi connectivity index (χ1v) is 12.9. The van der Waals surface area contributed by atoms with E-state index in [0.29, 0.717) is 38.2 Å². The summed E-state index contributed by atoms with van der Waals surface area (Å²) < 4.78 is 1.56. The number of aliphatic hydroxyl groups is 1. The predicted molar refractivity (Wildman–Crippen MR) is 141 cm³/mol. The molecule has 0 spiro atoms. The normalized spacial score (nSPS) is 17.3. The van der Waals surface area contributed by atoms with Crippen LogP contribution in [0.1, 0.15) is 51.5 Å². The third kappa shape index (κ3) is 4.20. The fraction of sp³-hybridized carbons (Fsp3) is 0.357. The lowest BCUT2D eigenvalue weighted by atomic mass is 9.86. The summed E-state index contributed by atoms with van der Waals surface area (Å²) in [6.45, 7) is 3.80. The SMILES string of the molecule is Cc1c[nH]c2ncc(-c3cc4c(c([C@@H]5CCCN5C(=O)O)c3)CN(C(=O)c3cnn(CCO)c3)CC4)cc12. The van der Waals surface area contributed by atoms with Crippen LogP contribution >= 0.6 is 0 Å². The summed E-state index contributed by atoms with van der Waals surface area (Å²) in [5.41, 5.74) is 7.58. The van der Waals surface area contributed by atoms with Gasteiger partial charge in [0.15, 0.2) is 0 Å². The number of nitrogens with one attached hydrogen (secondary N) is 1. The monoisotopic (exact) mass is 514 g/mol. The van der Waals surface area contributed by atoms with E-state index in [2.05, 4.69) is 33.3 Å². The Kier molecular flexibility index (Phi) is 6.11. The number of aromatic amines is 1. The van der Waals surface area contributed by atoms with Crippen LogP contribution in [0.4, 0.5) is 4.79 Å². The third-order valence-electron chi connectivity index (χ3n) is 7.80. The summed E-state index contributed by atoms with van der Waals surface area (Å²) >= 11 is 0. The molecule has 0 unspecified atom stereocenters. The average molecular weight is 515 g/mol. The fourth-order valence-corrected chi connectivity index (χ4v) is 5.83. The first-order valence-electron chi connectivity index (χ1n) is 12.9. The van der Waals surface area contributed by atoms with Crippen molar-refractivity contribution in [3.8, 4) is 11.1 Å². The highest BCUT2D eigenvalue weighted by molar-refractivity contribution is 5.94. The molecule has 0 radical (unpaired) electrons. The van der Waals surface area contributed by atoms with E-state index < -0.39 is 6.09 Å². The Morgan fingerprint density at radius 2 is 2.03 bits per heavy atom. The number of rotatable bonds is 5. The van der Waals surface area contributed by atoms with Gasteiger partial charge in [0.05, 0.1) is 31.0 Å². The summed E-state index contributed by atoms with van der Waals surface area (Å²) in [5.74, 6) is -0.117. The number of aryl methyl sites for hydroxylation is 1. The maximum absolute atomic E-state index is 13.3. The highest BCUT2D eigenvalue weighted by atomic mass is 16.4. The van der Waals surface area contributed by atoms with Crippen molar-refractivity contribution in [2.75, 3.05) is 19.7 Å². The Labute approximate surface area is 219 Å². The van der Waals surface area contributed by atoms with E-state index in [0.717, 1.165) is 57.3 Å². The van der Waals surface area contributed by atoms with Crippen LogP contribution in [-0.2, 0) is 19.5 Å². The molecule has 1 fully saturated rings. The van der Waals surface area contributed by atoms with Gasteiger partial charge < -0.3 is 25.0 Å². The van der Waals surface area contributed by atoms with Gasteiger partial charge in [-0.2, -0.15) is 5.10 Å². The van der Waals surface area contributed by atoms with Crippen molar-refractivity contribution in [1.82, 2.24) is 29.5 Å². The second-order valence-corrected chi connectivity index (χ2v) is 10.1. The molecule has 0 saturated carbocycles. The Morgan fingerprint density at radius 3 is 2.84 bits per heavy atom. The molecule has 1 saturated heterocycles. The summed E-state index contributed by atoms with van der Waals surface area (Å²) in [5, 5.41) is 24.3. The number of hydrogen-bond donors (Lipinski definition) is 3. The number of carbonyl (C=O) groups is 2. The first-order chi connectivity index (χ1) is 18.4. The van der Waals surface area contributed by atoms with E-state index in [1.807, 2.05) is 24.2 Å². The molecule has 38 heavy (non-hydrogen) atoms. The van der Waals surface area contributed by atoms with Crippen molar-refractivity contribution in [1.29, 1.82) is 0 Å². The molecule has 2 aliphatic rings. The molecule has 3 N–H and O–H groups in total. The summed E-state index contributed by atoms with van der Waals surface area (Å²) in [6, 6.07) is 6.15. The zero-order valence-electron chi connectivity index (χ0n) is 21.2. The average Bonchev–Trinajstić information content (AvgIpc) is 3.68. The zero-order valence-corrected chi connectivity index (χ0v) is 21.2. The molecular formula is C28H30N6O4. The Hall–Kier alpha value is -4.18. The van der Waals surface area contributed by atoms with Gasteiger partial charge in [-0.25, -0.2) is 9.78 Å². The number of aliphatic hydroxyl groups excluding tert-OH is 1. The van der Waals surface area contributed by atoms with Gasteiger partial charge >= 0.3 is 6.09 Å². The topological polar surface area (TPSA) is 128 Å². The Morgan fingerprint density at radius 1 is 1.16 bits per heavy atom. The minimum absolute atomic E-state index is 0.0499. The molecule has 3 aromatic heterocycles. The van der Waals surface area contributed by atoms with Gasteiger partial charge in [-0.3, -0.25) is 9.48 Å². The van der Waals surface area contributed by atoms with Crippen molar-refractivity contribution in [2.45, 2.75) is 45.3 Å². The molecule has 10 nitrogen and oxygen atoms in total. The minimum Gasteiger partial charge on any atom is -0.465 e. The van der Waals surface area contributed by atoms with Gasteiger partial charge in [0, 0.05) is 49.2 Å². The number of aromatic nitrogens is 4. The smallest absolute Gasteiger partial charge is 0.407 e. The molecule has 6 rings (SSSR count). The molecule has 1 aromatic carbocycles. The predicted octanol–water partition coefficient (Wildman–Crippen LogP) is 3.74. The lowest BCUT2D eigenvalue weighted by Gasteiger charge is -2.33. The van der Waals surface area contributed by atoms with Crippen LogP contribution in [-0.4, -0.2) is 71.5 Å².